The van der Waals surface area contributed by atoms with Gasteiger partial charge >= 0.3 is 6.09 Å². The number of piperidine rings is 1. The largest absolute Gasteiger partial charge is 0.444 e. The fourth-order valence-electron chi connectivity index (χ4n) is 2.78. The molecule has 2 heterocycles. The number of carbonyl (C=O) groups excluding carboxylic acids is 1. The second-order valence-corrected chi connectivity index (χ2v) is 6.72. The van der Waals surface area contributed by atoms with Crippen molar-refractivity contribution in [2.24, 2.45) is 0 Å². The molecule has 0 radical (unpaired) electrons. The highest BCUT2D eigenvalue weighted by atomic mass is 16.6. The minimum Gasteiger partial charge on any atom is -0.444 e. The average Bonchev–Trinajstić information content (AvgIpc) is 2.89. The van der Waals surface area contributed by atoms with Crippen LogP contribution in [0.3, 0.4) is 0 Å². The van der Waals surface area contributed by atoms with Crippen LogP contribution in [0.15, 0.2) is 24.3 Å². The summed E-state index contributed by atoms with van der Waals surface area (Å²) in [6.45, 7) is 7.04. The predicted octanol–water partition coefficient (Wildman–Crippen LogP) is 3.00. The maximum atomic E-state index is 12.1. The monoisotopic (exact) mass is 302 g/mol. The number of para-hydroxylation sites is 1. The van der Waals surface area contributed by atoms with Gasteiger partial charge in [-0.25, -0.2) is 9.48 Å². The van der Waals surface area contributed by atoms with E-state index in [0.29, 0.717) is 13.1 Å². The molecule has 0 unspecified atom stereocenters. The Hall–Kier alpha value is -2.11. The Bertz CT molecular complexity index is 666. The molecule has 0 spiro atoms. The van der Waals surface area contributed by atoms with Crippen LogP contribution in [-0.4, -0.2) is 44.7 Å². The molecule has 6 heteroatoms. The van der Waals surface area contributed by atoms with Crippen LogP contribution in [0.1, 0.15) is 39.7 Å². The lowest BCUT2D eigenvalue weighted by Crippen LogP contribution is -2.42. The van der Waals surface area contributed by atoms with Crippen LogP contribution >= 0.6 is 0 Å². The SMILES string of the molecule is CC(C)(C)OC(=O)N1CCC(n2nnc3ccccc32)CC1. The first-order valence-corrected chi connectivity index (χ1v) is 7.72. The summed E-state index contributed by atoms with van der Waals surface area (Å²) in [6.07, 6.45) is 1.51. The minimum atomic E-state index is -0.448. The number of hydrogen-bond acceptors (Lipinski definition) is 4. The summed E-state index contributed by atoms with van der Waals surface area (Å²) in [5.74, 6) is 0. The quantitative estimate of drug-likeness (QED) is 0.812. The van der Waals surface area contributed by atoms with E-state index in [0.717, 1.165) is 23.9 Å². The van der Waals surface area contributed by atoms with Crippen molar-refractivity contribution in [2.75, 3.05) is 13.1 Å². The lowest BCUT2D eigenvalue weighted by molar-refractivity contribution is 0.0185. The summed E-state index contributed by atoms with van der Waals surface area (Å²) in [7, 11) is 0. The summed E-state index contributed by atoms with van der Waals surface area (Å²) < 4.78 is 7.41. The van der Waals surface area contributed by atoms with Gasteiger partial charge in [0.05, 0.1) is 11.6 Å². The molecule has 1 aromatic carbocycles. The van der Waals surface area contributed by atoms with Crippen molar-refractivity contribution >= 4 is 17.1 Å². The van der Waals surface area contributed by atoms with Gasteiger partial charge in [-0.15, -0.1) is 5.10 Å². The van der Waals surface area contributed by atoms with Crippen molar-refractivity contribution in [3.05, 3.63) is 24.3 Å². The molecule has 1 saturated heterocycles. The number of amides is 1. The van der Waals surface area contributed by atoms with Crippen LogP contribution in [0.5, 0.6) is 0 Å². The number of aromatic nitrogens is 3. The van der Waals surface area contributed by atoms with E-state index in [1.54, 1.807) is 4.90 Å². The first-order valence-electron chi connectivity index (χ1n) is 7.72. The zero-order valence-corrected chi connectivity index (χ0v) is 13.3. The number of likely N-dealkylation sites (tertiary alicyclic amines) is 1. The summed E-state index contributed by atoms with van der Waals surface area (Å²) in [4.78, 5) is 13.9. The lowest BCUT2D eigenvalue weighted by Gasteiger charge is -2.33. The summed E-state index contributed by atoms with van der Waals surface area (Å²) in [5.41, 5.74) is 1.52. The number of ether oxygens (including phenoxy) is 1. The summed E-state index contributed by atoms with van der Waals surface area (Å²) >= 11 is 0. The van der Waals surface area contributed by atoms with Gasteiger partial charge in [-0.1, -0.05) is 17.3 Å². The van der Waals surface area contributed by atoms with Crippen molar-refractivity contribution in [2.45, 2.75) is 45.3 Å². The van der Waals surface area contributed by atoms with Crippen LogP contribution in [0.2, 0.25) is 0 Å². The van der Waals surface area contributed by atoms with Crippen LogP contribution in [0, 0.1) is 0 Å². The third-order valence-corrected chi connectivity index (χ3v) is 3.84. The zero-order valence-electron chi connectivity index (χ0n) is 13.3. The molecule has 0 saturated carbocycles. The van der Waals surface area contributed by atoms with E-state index >= 15 is 0 Å². The fourth-order valence-corrected chi connectivity index (χ4v) is 2.78. The first kappa shape index (κ1) is 14.8. The van der Waals surface area contributed by atoms with Crippen molar-refractivity contribution in [3.63, 3.8) is 0 Å². The van der Waals surface area contributed by atoms with Crippen molar-refractivity contribution < 1.29 is 9.53 Å². The first-order chi connectivity index (χ1) is 10.4. The molecule has 118 valence electrons. The highest BCUT2D eigenvalue weighted by Crippen LogP contribution is 2.26. The number of fused-ring (bicyclic) bond motifs is 1. The standard InChI is InChI=1S/C16H22N4O2/c1-16(2,3)22-15(21)19-10-8-12(9-11-19)20-14-7-5-4-6-13(14)17-18-20/h4-7,12H,8-11H2,1-3H3. The fraction of sp³-hybridized carbons (Fsp3) is 0.562. The van der Waals surface area contributed by atoms with Gasteiger partial charge in [-0.2, -0.15) is 0 Å². The Kier molecular flexibility index (Phi) is 3.76. The molecular weight excluding hydrogens is 280 g/mol. The maximum absolute atomic E-state index is 12.1. The van der Waals surface area contributed by atoms with Gasteiger partial charge in [0, 0.05) is 13.1 Å². The Morgan fingerprint density at radius 3 is 2.59 bits per heavy atom. The van der Waals surface area contributed by atoms with Crippen LogP contribution in [-0.2, 0) is 4.74 Å². The second kappa shape index (κ2) is 5.59. The number of carbonyl (C=O) groups is 1. The zero-order chi connectivity index (χ0) is 15.7. The van der Waals surface area contributed by atoms with E-state index < -0.39 is 5.60 Å². The topological polar surface area (TPSA) is 60.2 Å². The van der Waals surface area contributed by atoms with Crippen LogP contribution < -0.4 is 0 Å². The van der Waals surface area contributed by atoms with Crippen LogP contribution in [0.25, 0.3) is 11.0 Å². The van der Waals surface area contributed by atoms with Gasteiger partial charge in [0.25, 0.3) is 0 Å². The lowest BCUT2D eigenvalue weighted by atomic mass is 10.1. The molecular formula is C16H22N4O2. The number of benzene rings is 1. The van der Waals surface area contributed by atoms with Crippen molar-refractivity contribution in [1.29, 1.82) is 0 Å². The number of hydrogen-bond donors (Lipinski definition) is 0. The van der Waals surface area contributed by atoms with E-state index in [1.807, 2.05) is 49.7 Å². The molecule has 6 nitrogen and oxygen atoms in total. The molecule has 22 heavy (non-hydrogen) atoms. The van der Waals surface area contributed by atoms with Gasteiger partial charge in [0.15, 0.2) is 0 Å². The normalized spacial score (nSPS) is 17.0. The molecule has 0 N–H and O–H groups in total. The Labute approximate surface area is 130 Å². The van der Waals surface area contributed by atoms with E-state index in [2.05, 4.69) is 10.3 Å². The molecule has 3 rings (SSSR count). The van der Waals surface area contributed by atoms with Gasteiger partial charge in [0.1, 0.15) is 11.1 Å². The smallest absolute Gasteiger partial charge is 0.410 e. The van der Waals surface area contributed by atoms with E-state index in [4.69, 9.17) is 4.74 Å². The molecule has 1 aliphatic rings. The Morgan fingerprint density at radius 1 is 1.23 bits per heavy atom. The third kappa shape index (κ3) is 3.05. The van der Waals surface area contributed by atoms with E-state index in [-0.39, 0.29) is 12.1 Å². The number of nitrogens with zero attached hydrogens (tertiary/aromatic N) is 4. The van der Waals surface area contributed by atoms with E-state index in [9.17, 15) is 4.79 Å². The van der Waals surface area contributed by atoms with Crippen molar-refractivity contribution in [3.8, 4) is 0 Å². The van der Waals surface area contributed by atoms with Gasteiger partial charge in [-0.3, -0.25) is 0 Å². The van der Waals surface area contributed by atoms with E-state index in [1.165, 1.54) is 0 Å². The van der Waals surface area contributed by atoms with Gasteiger partial charge in [-0.05, 0) is 45.7 Å². The van der Waals surface area contributed by atoms with Gasteiger partial charge in [0.2, 0.25) is 0 Å². The Balaban J connectivity index is 1.66. The Morgan fingerprint density at radius 2 is 1.91 bits per heavy atom. The molecule has 0 atom stereocenters. The van der Waals surface area contributed by atoms with Crippen molar-refractivity contribution in [1.82, 2.24) is 19.9 Å². The summed E-state index contributed by atoms with van der Waals surface area (Å²) in [6, 6.07) is 8.25. The molecule has 1 aromatic heterocycles. The second-order valence-electron chi connectivity index (χ2n) is 6.72. The van der Waals surface area contributed by atoms with Gasteiger partial charge < -0.3 is 9.64 Å². The highest BCUT2D eigenvalue weighted by Gasteiger charge is 2.28. The minimum absolute atomic E-state index is 0.227. The predicted molar refractivity (Wildman–Crippen MR) is 83.6 cm³/mol. The summed E-state index contributed by atoms with van der Waals surface area (Å²) in [5, 5.41) is 8.48. The molecule has 1 fully saturated rings. The molecule has 0 aliphatic carbocycles. The van der Waals surface area contributed by atoms with Crippen LogP contribution in [0.4, 0.5) is 4.79 Å². The molecule has 0 bridgehead atoms. The highest BCUT2D eigenvalue weighted by molar-refractivity contribution is 5.74. The molecule has 2 aromatic rings. The maximum Gasteiger partial charge on any atom is 0.410 e. The molecule has 1 amide bonds. The third-order valence-electron chi connectivity index (χ3n) is 3.84. The average molecular weight is 302 g/mol. The molecule has 1 aliphatic heterocycles. The number of rotatable bonds is 1.